The van der Waals surface area contributed by atoms with Crippen molar-refractivity contribution in [3.05, 3.63) is 65.7 Å². The van der Waals surface area contributed by atoms with Crippen LogP contribution in [0, 0.1) is 0 Å². The highest BCUT2D eigenvalue weighted by atomic mass is 16.6. The van der Waals surface area contributed by atoms with E-state index in [1.807, 2.05) is 36.4 Å². The van der Waals surface area contributed by atoms with E-state index in [-0.39, 0.29) is 5.97 Å². The van der Waals surface area contributed by atoms with Crippen LogP contribution in [-0.2, 0) is 16.2 Å². The van der Waals surface area contributed by atoms with Crippen molar-refractivity contribution in [1.82, 2.24) is 0 Å². The van der Waals surface area contributed by atoms with Crippen molar-refractivity contribution in [1.29, 1.82) is 0 Å². The van der Waals surface area contributed by atoms with E-state index in [4.69, 9.17) is 9.57 Å². The van der Waals surface area contributed by atoms with Crippen LogP contribution in [0.1, 0.15) is 22.8 Å². The van der Waals surface area contributed by atoms with E-state index in [1.165, 1.54) is 0 Å². The van der Waals surface area contributed by atoms with Crippen molar-refractivity contribution in [2.45, 2.75) is 13.5 Å². The van der Waals surface area contributed by atoms with Gasteiger partial charge in [0.1, 0.15) is 0 Å². The van der Waals surface area contributed by atoms with Gasteiger partial charge in [-0.05, 0) is 24.6 Å². The largest absolute Gasteiger partial charge is 0.462 e. The first-order valence-electron chi connectivity index (χ1n) is 6.49. The van der Waals surface area contributed by atoms with Crippen molar-refractivity contribution in [2.75, 3.05) is 12.1 Å². The Morgan fingerprint density at radius 2 is 1.75 bits per heavy atom. The average molecular weight is 271 g/mol. The molecule has 0 saturated heterocycles. The van der Waals surface area contributed by atoms with Crippen molar-refractivity contribution < 1.29 is 14.4 Å². The molecule has 2 rings (SSSR count). The second-order valence-electron chi connectivity index (χ2n) is 4.14. The number of hydrogen-bond acceptors (Lipinski definition) is 4. The van der Waals surface area contributed by atoms with Crippen LogP contribution in [0.15, 0.2) is 54.6 Å². The summed E-state index contributed by atoms with van der Waals surface area (Å²) in [5, 5.41) is 0. The van der Waals surface area contributed by atoms with Gasteiger partial charge < -0.3 is 4.74 Å². The molecule has 0 aliphatic carbocycles. The highest BCUT2D eigenvalue weighted by molar-refractivity contribution is 5.95. The lowest BCUT2D eigenvalue weighted by Crippen LogP contribution is -2.10. The molecule has 0 radical (unpaired) electrons. The lowest BCUT2D eigenvalue weighted by molar-refractivity contribution is 0.0526. The predicted octanol–water partition coefficient (Wildman–Crippen LogP) is 3.41. The molecule has 2 aromatic rings. The molecule has 0 fully saturated rings. The summed E-state index contributed by atoms with van der Waals surface area (Å²) in [6.07, 6.45) is 0. The maximum atomic E-state index is 11.8. The summed E-state index contributed by atoms with van der Waals surface area (Å²) < 4.78 is 5.00. The molecular weight excluding hydrogens is 254 g/mol. The van der Waals surface area contributed by atoms with Gasteiger partial charge >= 0.3 is 5.97 Å². The summed E-state index contributed by atoms with van der Waals surface area (Å²) in [5.41, 5.74) is 4.91. The summed E-state index contributed by atoms with van der Waals surface area (Å²) >= 11 is 0. The molecule has 2 aromatic carbocycles. The molecule has 0 aliphatic rings. The number of anilines is 1. The van der Waals surface area contributed by atoms with Gasteiger partial charge in [0.2, 0.25) is 0 Å². The van der Waals surface area contributed by atoms with Gasteiger partial charge in [-0.25, -0.2) is 4.79 Å². The zero-order valence-corrected chi connectivity index (χ0v) is 11.3. The van der Waals surface area contributed by atoms with Gasteiger partial charge in [-0.3, -0.25) is 10.3 Å². The highest BCUT2D eigenvalue weighted by Gasteiger charge is 2.11. The smallest absolute Gasteiger partial charge is 0.340 e. The van der Waals surface area contributed by atoms with Gasteiger partial charge in [0.05, 0.1) is 24.5 Å². The standard InChI is InChI=1S/C16H17NO3/c1-2-19-16(18)14-10-6-7-11-15(14)17-20-12-13-8-4-3-5-9-13/h3-11,17H,2,12H2,1H3. The van der Waals surface area contributed by atoms with Crippen LogP contribution in [0.4, 0.5) is 5.69 Å². The van der Waals surface area contributed by atoms with E-state index < -0.39 is 0 Å². The molecule has 4 nitrogen and oxygen atoms in total. The Bertz CT molecular complexity index is 555. The third-order valence-electron chi connectivity index (χ3n) is 2.69. The fraction of sp³-hybridized carbons (Fsp3) is 0.188. The Kier molecular flexibility index (Phi) is 5.15. The quantitative estimate of drug-likeness (QED) is 0.646. The summed E-state index contributed by atoms with van der Waals surface area (Å²) in [5.74, 6) is -0.362. The van der Waals surface area contributed by atoms with Gasteiger partial charge in [-0.2, -0.15) is 0 Å². The molecule has 1 N–H and O–H groups in total. The fourth-order valence-electron chi connectivity index (χ4n) is 1.73. The normalized spacial score (nSPS) is 10.1. The lowest BCUT2D eigenvalue weighted by atomic mass is 10.2. The molecule has 0 saturated carbocycles. The van der Waals surface area contributed by atoms with Crippen LogP contribution in [0.25, 0.3) is 0 Å². The minimum atomic E-state index is -0.362. The molecule has 20 heavy (non-hydrogen) atoms. The molecule has 0 heterocycles. The van der Waals surface area contributed by atoms with E-state index in [2.05, 4.69) is 5.48 Å². The molecule has 0 bridgehead atoms. The van der Waals surface area contributed by atoms with Crippen molar-refractivity contribution >= 4 is 11.7 Å². The highest BCUT2D eigenvalue weighted by Crippen LogP contribution is 2.16. The number of hydrogen-bond donors (Lipinski definition) is 1. The maximum Gasteiger partial charge on any atom is 0.340 e. The number of esters is 1. The second kappa shape index (κ2) is 7.31. The van der Waals surface area contributed by atoms with E-state index in [9.17, 15) is 4.79 Å². The Balaban J connectivity index is 1.97. The summed E-state index contributed by atoms with van der Waals surface area (Å²) in [6.45, 7) is 2.54. The Hall–Kier alpha value is -2.33. The van der Waals surface area contributed by atoms with Crippen molar-refractivity contribution in [2.24, 2.45) is 0 Å². The average Bonchev–Trinajstić information content (AvgIpc) is 2.49. The number of ether oxygens (including phenoxy) is 1. The molecule has 0 spiro atoms. The number of benzene rings is 2. The molecule has 0 atom stereocenters. The molecular formula is C16H17NO3. The van der Waals surface area contributed by atoms with Crippen LogP contribution in [-0.4, -0.2) is 12.6 Å². The van der Waals surface area contributed by atoms with Gasteiger partial charge in [0.15, 0.2) is 0 Å². The maximum absolute atomic E-state index is 11.8. The summed E-state index contributed by atoms with van der Waals surface area (Å²) in [7, 11) is 0. The summed E-state index contributed by atoms with van der Waals surface area (Å²) in [6, 6.07) is 16.9. The van der Waals surface area contributed by atoms with E-state index in [0.29, 0.717) is 24.5 Å². The first-order chi connectivity index (χ1) is 9.81. The molecule has 0 aromatic heterocycles. The first-order valence-corrected chi connectivity index (χ1v) is 6.49. The van der Waals surface area contributed by atoms with Crippen LogP contribution in [0.5, 0.6) is 0 Å². The Morgan fingerprint density at radius 1 is 1.05 bits per heavy atom. The van der Waals surface area contributed by atoms with E-state index >= 15 is 0 Å². The topological polar surface area (TPSA) is 47.6 Å². The van der Waals surface area contributed by atoms with Crippen molar-refractivity contribution in [3.8, 4) is 0 Å². The number of nitrogens with one attached hydrogen (secondary N) is 1. The predicted molar refractivity (Wildman–Crippen MR) is 77.3 cm³/mol. The Morgan fingerprint density at radius 3 is 2.50 bits per heavy atom. The van der Waals surface area contributed by atoms with Crippen LogP contribution in [0.2, 0.25) is 0 Å². The molecule has 0 amide bonds. The van der Waals surface area contributed by atoms with Gasteiger partial charge in [0, 0.05) is 0 Å². The minimum absolute atomic E-state index is 0.345. The second-order valence-corrected chi connectivity index (χ2v) is 4.14. The van der Waals surface area contributed by atoms with Crippen LogP contribution in [0.3, 0.4) is 0 Å². The SMILES string of the molecule is CCOC(=O)c1ccccc1NOCc1ccccc1. The number of para-hydroxylation sites is 1. The zero-order valence-electron chi connectivity index (χ0n) is 11.3. The molecule has 0 unspecified atom stereocenters. The molecule has 0 aliphatic heterocycles. The third kappa shape index (κ3) is 3.83. The Labute approximate surface area is 118 Å². The van der Waals surface area contributed by atoms with Gasteiger partial charge in [-0.1, -0.05) is 42.5 Å². The fourth-order valence-corrected chi connectivity index (χ4v) is 1.73. The van der Waals surface area contributed by atoms with Gasteiger partial charge in [0.25, 0.3) is 0 Å². The third-order valence-corrected chi connectivity index (χ3v) is 2.69. The lowest BCUT2D eigenvalue weighted by Gasteiger charge is -2.11. The summed E-state index contributed by atoms with van der Waals surface area (Å²) in [4.78, 5) is 17.2. The van der Waals surface area contributed by atoms with Gasteiger partial charge in [-0.15, -0.1) is 0 Å². The molecule has 4 heteroatoms. The van der Waals surface area contributed by atoms with E-state index in [1.54, 1.807) is 25.1 Å². The number of rotatable bonds is 6. The van der Waals surface area contributed by atoms with Crippen LogP contribution >= 0.6 is 0 Å². The number of carbonyl (C=O) groups excluding carboxylic acids is 1. The molecule has 104 valence electrons. The monoisotopic (exact) mass is 271 g/mol. The van der Waals surface area contributed by atoms with Crippen LogP contribution < -0.4 is 5.48 Å². The van der Waals surface area contributed by atoms with E-state index in [0.717, 1.165) is 5.56 Å². The number of carbonyl (C=O) groups is 1. The van der Waals surface area contributed by atoms with Crippen molar-refractivity contribution in [3.63, 3.8) is 0 Å². The minimum Gasteiger partial charge on any atom is -0.462 e. The zero-order chi connectivity index (χ0) is 14.2. The first kappa shape index (κ1) is 14.1.